The second kappa shape index (κ2) is 8.61. The molecule has 1 N–H and O–H groups in total. The third kappa shape index (κ3) is 5.62. The third-order valence-electron chi connectivity index (χ3n) is 2.94. The van der Waals surface area contributed by atoms with Gasteiger partial charge in [0, 0.05) is 15.1 Å². The second-order valence-electron chi connectivity index (χ2n) is 4.72. The fourth-order valence-corrected chi connectivity index (χ4v) is 3.15. The van der Waals surface area contributed by atoms with Crippen molar-refractivity contribution in [1.29, 1.82) is 5.26 Å². The number of anilines is 1. The molecular weight excluding hydrogens is 376 g/mol. The number of halogens is 1. The Hall–Kier alpha value is -1.97. The van der Waals surface area contributed by atoms with Crippen LogP contribution in [0, 0.1) is 18.3 Å². The van der Waals surface area contributed by atoms with Gasteiger partial charge in [0.05, 0.1) is 5.75 Å². The average molecular weight is 391 g/mol. The summed E-state index contributed by atoms with van der Waals surface area (Å²) in [5.74, 6) is 0.877. The maximum atomic E-state index is 12.0. The van der Waals surface area contributed by atoms with Crippen LogP contribution in [-0.4, -0.2) is 18.3 Å². The molecule has 23 heavy (non-hydrogen) atoms. The SMILES string of the molecule is Cc1cc(Br)ccc1SCC(=O)Nc1ccc(OCC#N)cc1. The quantitative estimate of drug-likeness (QED) is 0.742. The fraction of sp³-hybridized carbons (Fsp3) is 0.176. The highest BCUT2D eigenvalue weighted by Crippen LogP contribution is 2.25. The van der Waals surface area contributed by atoms with Gasteiger partial charge in [0.15, 0.2) is 6.61 Å². The monoisotopic (exact) mass is 390 g/mol. The lowest BCUT2D eigenvalue weighted by Gasteiger charge is -2.08. The predicted molar refractivity (Wildman–Crippen MR) is 95.8 cm³/mol. The Morgan fingerprint density at radius 2 is 2.04 bits per heavy atom. The van der Waals surface area contributed by atoms with Gasteiger partial charge in [0.2, 0.25) is 5.91 Å². The number of thioether (sulfide) groups is 1. The number of carbonyl (C=O) groups excluding carboxylic acids is 1. The van der Waals surface area contributed by atoms with E-state index in [1.165, 1.54) is 11.8 Å². The Kier molecular flexibility index (Phi) is 6.51. The van der Waals surface area contributed by atoms with Gasteiger partial charge in [0.1, 0.15) is 11.8 Å². The minimum absolute atomic E-state index is 0.00882. The van der Waals surface area contributed by atoms with Gasteiger partial charge < -0.3 is 10.1 Å². The molecule has 0 heterocycles. The summed E-state index contributed by atoms with van der Waals surface area (Å²) in [4.78, 5) is 13.1. The lowest BCUT2D eigenvalue weighted by molar-refractivity contribution is -0.113. The molecule has 2 rings (SSSR count). The van der Waals surface area contributed by atoms with Gasteiger partial charge in [-0.15, -0.1) is 11.8 Å². The molecule has 0 spiro atoms. The molecule has 0 aliphatic heterocycles. The van der Waals surface area contributed by atoms with E-state index in [1.54, 1.807) is 24.3 Å². The lowest BCUT2D eigenvalue weighted by Crippen LogP contribution is -2.14. The highest BCUT2D eigenvalue weighted by atomic mass is 79.9. The van der Waals surface area contributed by atoms with Gasteiger partial charge in [-0.05, 0) is 55.0 Å². The van der Waals surface area contributed by atoms with Crippen LogP contribution in [0.3, 0.4) is 0 Å². The van der Waals surface area contributed by atoms with Gasteiger partial charge in [-0.2, -0.15) is 5.26 Å². The van der Waals surface area contributed by atoms with Crippen LogP contribution >= 0.6 is 27.7 Å². The molecule has 0 aliphatic rings. The van der Waals surface area contributed by atoms with E-state index in [0.29, 0.717) is 17.2 Å². The van der Waals surface area contributed by atoms with Crippen LogP contribution in [0.4, 0.5) is 5.69 Å². The first-order chi connectivity index (χ1) is 11.1. The number of ether oxygens (including phenoxy) is 1. The fourth-order valence-electron chi connectivity index (χ4n) is 1.87. The smallest absolute Gasteiger partial charge is 0.234 e. The molecule has 0 bridgehead atoms. The number of hydrogen-bond acceptors (Lipinski definition) is 4. The number of hydrogen-bond donors (Lipinski definition) is 1. The van der Waals surface area contributed by atoms with Gasteiger partial charge in [-0.3, -0.25) is 4.79 Å². The zero-order valence-corrected chi connectivity index (χ0v) is 14.9. The summed E-state index contributed by atoms with van der Waals surface area (Å²) in [7, 11) is 0. The number of carbonyl (C=O) groups is 1. The predicted octanol–water partition coefficient (Wildman–Crippen LogP) is 4.39. The van der Waals surface area contributed by atoms with Crippen LogP contribution in [0.1, 0.15) is 5.56 Å². The van der Waals surface area contributed by atoms with E-state index in [1.807, 2.05) is 31.2 Å². The van der Waals surface area contributed by atoms with E-state index < -0.39 is 0 Å². The van der Waals surface area contributed by atoms with Crippen LogP contribution in [0.2, 0.25) is 0 Å². The summed E-state index contributed by atoms with van der Waals surface area (Å²) in [5, 5.41) is 11.3. The molecule has 0 unspecified atom stereocenters. The Morgan fingerprint density at radius 1 is 1.30 bits per heavy atom. The molecule has 2 aromatic carbocycles. The van der Waals surface area contributed by atoms with E-state index in [9.17, 15) is 4.79 Å². The van der Waals surface area contributed by atoms with Crippen LogP contribution in [0.25, 0.3) is 0 Å². The van der Waals surface area contributed by atoms with E-state index in [2.05, 4.69) is 21.2 Å². The molecule has 0 aromatic heterocycles. The number of nitriles is 1. The van der Waals surface area contributed by atoms with Gasteiger partial charge in [0.25, 0.3) is 0 Å². The number of nitrogens with one attached hydrogen (secondary N) is 1. The Labute approximate surface area is 148 Å². The van der Waals surface area contributed by atoms with Crippen LogP contribution in [0.15, 0.2) is 51.8 Å². The summed E-state index contributed by atoms with van der Waals surface area (Å²) >= 11 is 4.93. The first-order valence-corrected chi connectivity index (χ1v) is 8.65. The summed E-state index contributed by atoms with van der Waals surface area (Å²) in [6.45, 7) is 2.03. The Bertz CT molecular complexity index is 726. The van der Waals surface area contributed by atoms with Crippen molar-refractivity contribution in [3.8, 4) is 11.8 Å². The van der Waals surface area contributed by atoms with Gasteiger partial charge in [-0.25, -0.2) is 0 Å². The molecule has 0 saturated carbocycles. The lowest BCUT2D eigenvalue weighted by atomic mass is 10.2. The normalized spacial score (nSPS) is 9.96. The minimum atomic E-state index is -0.0667. The molecule has 0 radical (unpaired) electrons. The number of rotatable bonds is 6. The largest absolute Gasteiger partial charge is 0.479 e. The maximum Gasteiger partial charge on any atom is 0.234 e. The van der Waals surface area contributed by atoms with Crippen molar-refractivity contribution < 1.29 is 9.53 Å². The van der Waals surface area contributed by atoms with Crippen molar-refractivity contribution in [2.24, 2.45) is 0 Å². The van der Waals surface area contributed by atoms with E-state index in [-0.39, 0.29) is 12.5 Å². The summed E-state index contributed by atoms with van der Waals surface area (Å²) < 4.78 is 6.19. The summed E-state index contributed by atoms with van der Waals surface area (Å²) in [6.07, 6.45) is 0. The van der Waals surface area contributed by atoms with Crippen molar-refractivity contribution in [3.05, 3.63) is 52.5 Å². The average Bonchev–Trinajstić information content (AvgIpc) is 2.53. The van der Waals surface area contributed by atoms with E-state index in [0.717, 1.165) is 14.9 Å². The molecule has 0 saturated heterocycles. The molecule has 118 valence electrons. The van der Waals surface area contributed by atoms with Crippen LogP contribution < -0.4 is 10.1 Å². The van der Waals surface area contributed by atoms with E-state index in [4.69, 9.17) is 10.00 Å². The van der Waals surface area contributed by atoms with Gasteiger partial charge >= 0.3 is 0 Å². The summed E-state index contributed by atoms with van der Waals surface area (Å²) in [6, 6.07) is 14.8. The van der Waals surface area contributed by atoms with Crippen molar-refractivity contribution >= 4 is 39.3 Å². The highest BCUT2D eigenvalue weighted by molar-refractivity contribution is 9.10. The molecular formula is C17H15BrN2O2S. The molecule has 4 nitrogen and oxygen atoms in total. The molecule has 2 aromatic rings. The van der Waals surface area contributed by atoms with Crippen molar-refractivity contribution in [2.75, 3.05) is 17.7 Å². The number of benzene rings is 2. The molecule has 0 fully saturated rings. The Balaban J connectivity index is 1.86. The van der Waals surface area contributed by atoms with Crippen molar-refractivity contribution in [3.63, 3.8) is 0 Å². The molecule has 0 atom stereocenters. The zero-order chi connectivity index (χ0) is 16.7. The molecule has 1 amide bonds. The van der Waals surface area contributed by atoms with Crippen molar-refractivity contribution in [2.45, 2.75) is 11.8 Å². The van der Waals surface area contributed by atoms with Crippen LogP contribution in [-0.2, 0) is 4.79 Å². The first-order valence-electron chi connectivity index (χ1n) is 6.87. The second-order valence-corrected chi connectivity index (χ2v) is 6.65. The minimum Gasteiger partial charge on any atom is -0.479 e. The standard InChI is InChI=1S/C17H15BrN2O2S/c1-12-10-13(18)2-7-16(12)23-11-17(21)20-14-3-5-15(6-4-14)22-9-8-19/h2-7,10H,9,11H2,1H3,(H,20,21). The topological polar surface area (TPSA) is 62.1 Å². The van der Waals surface area contributed by atoms with E-state index >= 15 is 0 Å². The van der Waals surface area contributed by atoms with Crippen molar-refractivity contribution in [1.82, 2.24) is 0 Å². The highest BCUT2D eigenvalue weighted by Gasteiger charge is 2.06. The molecule has 6 heteroatoms. The summed E-state index contributed by atoms with van der Waals surface area (Å²) in [5.41, 5.74) is 1.84. The third-order valence-corrected chi connectivity index (χ3v) is 4.61. The Morgan fingerprint density at radius 3 is 2.70 bits per heavy atom. The molecule has 0 aliphatic carbocycles. The maximum absolute atomic E-state index is 12.0. The number of nitrogens with zero attached hydrogens (tertiary/aromatic N) is 1. The number of aryl methyl sites for hydroxylation is 1. The zero-order valence-electron chi connectivity index (χ0n) is 12.5. The number of amides is 1. The first kappa shape index (κ1) is 17.4. The van der Waals surface area contributed by atoms with Gasteiger partial charge in [-0.1, -0.05) is 15.9 Å². The van der Waals surface area contributed by atoms with Crippen LogP contribution in [0.5, 0.6) is 5.75 Å².